The summed E-state index contributed by atoms with van der Waals surface area (Å²) < 4.78 is 0. The third kappa shape index (κ3) is 1.94. The fraction of sp³-hybridized carbons (Fsp3) is 0. The number of amides is 1. The maximum absolute atomic E-state index is 10.7. The van der Waals surface area contributed by atoms with E-state index in [9.17, 15) is 4.79 Å². The summed E-state index contributed by atoms with van der Waals surface area (Å²) in [4.78, 5) is 10.7. The molecule has 1 amide bonds. The molecule has 0 fully saturated rings. The molecule has 3 nitrogen and oxygen atoms in total. The van der Waals surface area contributed by atoms with Crippen LogP contribution < -0.4 is 5.73 Å². The first kappa shape index (κ1) is 9.01. The molecule has 0 spiro atoms. The van der Waals surface area contributed by atoms with E-state index in [0.717, 1.165) is 0 Å². The number of nitriles is 1. The Morgan fingerprint density at radius 2 is 2.23 bits per heavy atom. The Morgan fingerprint density at radius 1 is 1.54 bits per heavy atom. The highest BCUT2D eigenvalue weighted by Gasteiger charge is 2.04. The summed E-state index contributed by atoms with van der Waals surface area (Å²) in [5.41, 5.74) is 6.33. The number of benzene rings is 1. The standard InChI is InChI=1S/C10H8N2O/c1-7(10(12)13)9-4-2-3-8(5-9)6-11/h2-5H,1H2,(H2,12,13). The van der Waals surface area contributed by atoms with Gasteiger partial charge in [-0.3, -0.25) is 4.79 Å². The van der Waals surface area contributed by atoms with Crippen LogP contribution in [-0.4, -0.2) is 5.91 Å². The van der Waals surface area contributed by atoms with Crippen molar-refractivity contribution in [3.8, 4) is 6.07 Å². The Kier molecular flexibility index (Phi) is 2.46. The topological polar surface area (TPSA) is 66.9 Å². The van der Waals surface area contributed by atoms with Crippen LogP contribution in [-0.2, 0) is 4.79 Å². The molecular formula is C10H8N2O. The van der Waals surface area contributed by atoms with Crippen molar-refractivity contribution >= 4 is 11.5 Å². The van der Waals surface area contributed by atoms with Crippen LogP contribution in [0, 0.1) is 11.3 Å². The minimum atomic E-state index is -0.574. The summed E-state index contributed by atoms with van der Waals surface area (Å²) in [5, 5.41) is 8.59. The van der Waals surface area contributed by atoms with Gasteiger partial charge in [0.25, 0.3) is 0 Å². The van der Waals surface area contributed by atoms with Crippen molar-refractivity contribution in [3.05, 3.63) is 42.0 Å². The zero-order valence-corrected chi connectivity index (χ0v) is 6.95. The summed E-state index contributed by atoms with van der Waals surface area (Å²) in [7, 11) is 0. The first-order chi connectivity index (χ1) is 6.15. The fourth-order valence-corrected chi connectivity index (χ4v) is 0.919. The fourth-order valence-electron chi connectivity index (χ4n) is 0.919. The second-order valence-electron chi connectivity index (χ2n) is 2.54. The molecule has 0 saturated carbocycles. The Labute approximate surface area is 76.1 Å². The van der Waals surface area contributed by atoms with E-state index in [-0.39, 0.29) is 5.57 Å². The highest BCUT2D eigenvalue weighted by atomic mass is 16.1. The average Bonchev–Trinajstić information content (AvgIpc) is 2.16. The Morgan fingerprint density at radius 3 is 2.77 bits per heavy atom. The molecule has 1 aromatic rings. The normalized spacial score (nSPS) is 8.85. The second kappa shape index (κ2) is 3.55. The molecule has 64 valence electrons. The quantitative estimate of drug-likeness (QED) is 0.677. The van der Waals surface area contributed by atoms with Crippen molar-refractivity contribution in [2.24, 2.45) is 5.73 Å². The van der Waals surface area contributed by atoms with Gasteiger partial charge >= 0.3 is 0 Å². The van der Waals surface area contributed by atoms with Crippen LogP contribution in [0.2, 0.25) is 0 Å². The van der Waals surface area contributed by atoms with Crippen LogP contribution in [0.25, 0.3) is 5.57 Å². The molecule has 3 heteroatoms. The van der Waals surface area contributed by atoms with Crippen molar-refractivity contribution in [1.29, 1.82) is 5.26 Å². The minimum Gasteiger partial charge on any atom is -0.366 e. The lowest BCUT2D eigenvalue weighted by atomic mass is 10.0. The number of hydrogen-bond acceptors (Lipinski definition) is 2. The lowest BCUT2D eigenvalue weighted by molar-refractivity contribution is -0.112. The lowest BCUT2D eigenvalue weighted by Crippen LogP contribution is -2.11. The summed E-state index contributed by atoms with van der Waals surface area (Å²) in [6.45, 7) is 3.52. The first-order valence-electron chi connectivity index (χ1n) is 3.64. The first-order valence-corrected chi connectivity index (χ1v) is 3.64. The van der Waals surface area contributed by atoms with E-state index in [0.29, 0.717) is 11.1 Å². The Bertz CT molecular complexity index is 402. The van der Waals surface area contributed by atoms with Gasteiger partial charge in [-0.15, -0.1) is 0 Å². The zero-order chi connectivity index (χ0) is 9.84. The van der Waals surface area contributed by atoms with Crippen molar-refractivity contribution in [3.63, 3.8) is 0 Å². The predicted molar refractivity (Wildman–Crippen MR) is 49.4 cm³/mol. The maximum atomic E-state index is 10.7. The van der Waals surface area contributed by atoms with E-state index in [2.05, 4.69) is 6.58 Å². The Hall–Kier alpha value is -2.08. The molecule has 0 heterocycles. The highest BCUT2D eigenvalue weighted by Crippen LogP contribution is 2.12. The maximum Gasteiger partial charge on any atom is 0.248 e. The van der Waals surface area contributed by atoms with Gasteiger partial charge in [0.05, 0.1) is 11.6 Å². The number of carbonyl (C=O) groups is 1. The van der Waals surface area contributed by atoms with Gasteiger partial charge in [-0.05, 0) is 17.7 Å². The molecule has 0 aliphatic heterocycles. The Balaban J connectivity index is 3.11. The summed E-state index contributed by atoms with van der Waals surface area (Å²) in [6.07, 6.45) is 0. The average molecular weight is 172 g/mol. The molecule has 0 unspecified atom stereocenters. The van der Waals surface area contributed by atoms with Crippen molar-refractivity contribution in [1.82, 2.24) is 0 Å². The van der Waals surface area contributed by atoms with Crippen LogP contribution in [0.5, 0.6) is 0 Å². The van der Waals surface area contributed by atoms with Gasteiger partial charge in [-0.2, -0.15) is 5.26 Å². The van der Waals surface area contributed by atoms with Gasteiger partial charge in [0.1, 0.15) is 0 Å². The number of nitrogens with zero attached hydrogens (tertiary/aromatic N) is 1. The number of hydrogen-bond donors (Lipinski definition) is 1. The second-order valence-corrected chi connectivity index (χ2v) is 2.54. The molecule has 13 heavy (non-hydrogen) atoms. The van der Waals surface area contributed by atoms with Gasteiger partial charge in [-0.1, -0.05) is 18.7 Å². The molecular weight excluding hydrogens is 164 g/mol. The van der Waals surface area contributed by atoms with E-state index in [4.69, 9.17) is 11.0 Å². The van der Waals surface area contributed by atoms with E-state index in [1.165, 1.54) is 0 Å². The molecule has 0 saturated heterocycles. The number of primary amides is 1. The van der Waals surface area contributed by atoms with Gasteiger partial charge in [0.15, 0.2) is 0 Å². The number of rotatable bonds is 2. The van der Waals surface area contributed by atoms with Crippen molar-refractivity contribution < 1.29 is 4.79 Å². The molecule has 0 aliphatic rings. The minimum absolute atomic E-state index is 0.220. The monoisotopic (exact) mass is 172 g/mol. The van der Waals surface area contributed by atoms with Gasteiger partial charge < -0.3 is 5.73 Å². The predicted octanol–water partition coefficient (Wildman–Crippen LogP) is 1.06. The summed E-state index contributed by atoms with van der Waals surface area (Å²) in [5.74, 6) is -0.574. The molecule has 1 aromatic carbocycles. The van der Waals surface area contributed by atoms with Crippen LogP contribution in [0.1, 0.15) is 11.1 Å². The molecule has 2 N–H and O–H groups in total. The van der Waals surface area contributed by atoms with E-state index >= 15 is 0 Å². The van der Waals surface area contributed by atoms with Crippen molar-refractivity contribution in [2.75, 3.05) is 0 Å². The molecule has 0 bridgehead atoms. The van der Waals surface area contributed by atoms with E-state index in [1.54, 1.807) is 24.3 Å². The zero-order valence-electron chi connectivity index (χ0n) is 6.95. The number of carbonyl (C=O) groups excluding carboxylic acids is 1. The molecule has 0 aromatic heterocycles. The third-order valence-electron chi connectivity index (χ3n) is 1.64. The smallest absolute Gasteiger partial charge is 0.248 e. The molecule has 1 rings (SSSR count). The SMILES string of the molecule is C=C(C(N)=O)c1cccc(C#N)c1. The van der Waals surface area contributed by atoms with Crippen molar-refractivity contribution in [2.45, 2.75) is 0 Å². The third-order valence-corrected chi connectivity index (χ3v) is 1.64. The highest BCUT2D eigenvalue weighted by molar-refractivity contribution is 6.17. The lowest BCUT2D eigenvalue weighted by Gasteiger charge is -2.00. The van der Waals surface area contributed by atoms with Gasteiger partial charge in [-0.25, -0.2) is 0 Å². The van der Waals surface area contributed by atoms with Gasteiger partial charge in [0, 0.05) is 5.57 Å². The van der Waals surface area contributed by atoms with E-state index in [1.807, 2.05) is 6.07 Å². The molecule has 0 aliphatic carbocycles. The van der Waals surface area contributed by atoms with E-state index < -0.39 is 5.91 Å². The van der Waals surface area contributed by atoms with Crippen LogP contribution >= 0.6 is 0 Å². The summed E-state index contributed by atoms with van der Waals surface area (Å²) in [6, 6.07) is 8.57. The van der Waals surface area contributed by atoms with Gasteiger partial charge in [0.2, 0.25) is 5.91 Å². The number of nitrogens with two attached hydrogens (primary N) is 1. The summed E-state index contributed by atoms with van der Waals surface area (Å²) >= 11 is 0. The largest absolute Gasteiger partial charge is 0.366 e. The molecule has 0 atom stereocenters. The molecule has 0 radical (unpaired) electrons. The van der Waals surface area contributed by atoms with Crippen LogP contribution in [0.15, 0.2) is 30.8 Å². The van der Waals surface area contributed by atoms with Crippen LogP contribution in [0.4, 0.5) is 0 Å². The van der Waals surface area contributed by atoms with Crippen LogP contribution in [0.3, 0.4) is 0 Å².